The summed E-state index contributed by atoms with van der Waals surface area (Å²) in [7, 11) is 0. The summed E-state index contributed by atoms with van der Waals surface area (Å²) in [5.41, 5.74) is -0.0385. The molecule has 1 fully saturated rings. The molecule has 1 aliphatic rings. The molecular weight excluding hydrogens is 240 g/mol. The van der Waals surface area contributed by atoms with E-state index in [1.165, 1.54) is 0 Å². The van der Waals surface area contributed by atoms with Crippen molar-refractivity contribution >= 4 is 0 Å². The van der Waals surface area contributed by atoms with Gasteiger partial charge in [0, 0.05) is 0 Å². The van der Waals surface area contributed by atoms with E-state index in [1.54, 1.807) is 0 Å². The van der Waals surface area contributed by atoms with Gasteiger partial charge < -0.3 is 14.6 Å². The van der Waals surface area contributed by atoms with E-state index >= 15 is 0 Å². The fourth-order valence-corrected chi connectivity index (χ4v) is 2.62. The number of hydrogen-bond donors (Lipinski definition) is 1. The predicted molar refractivity (Wildman–Crippen MR) is 75.3 cm³/mol. The molecule has 1 aliphatic carbocycles. The molecule has 2 atom stereocenters. The summed E-state index contributed by atoms with van der Waals surface area (Å²) in [4.78, 5) is 0. The van der Waals surface area contributed by atoms with E-state index in [4.69, 9.17) is 9.47 Å². The van der Waals surface area contributed by atoms with Gasteiger partial charge in [-0.2, -0.15) is 0 Å². The van der Waals surface area contributed by atoms with Crippen molar-refractivity contribution in [3.63, 3.8) is 0 Å². The SMILES string of the molecule is CC1(C)CCCC(OCCOc2ccccc2)C1O. The number of aliphatic hydroxyl groups is 1. The Morgan fingerprint density at radius 2 is 1.95 bits per heavy atom. The van der Waals surface area contributed by atoms with Gasteiger partial charge in [0.25, 0.3) is 0 Å². The second kappa shape index (κ2) is 6.40. The molecule has 106 valence electrons. The van der Waals surface area contributed by atoms with E-state index in [0.29, 0.717) is 13.2 Å². The maximum atomic E-state index is 10.2. The molecule has 1 aromatic carbocycles. The van der Waals surface area contributed by atoms with Gasteiger partial charge in [0.1, 0.15) is 12.4 Å². The molecule has 0 radical (unpaired) electrons. The van der Waals surface area contributed by atoms with Gasteiger partial charge in [0.15, 0.2) is 0 Å². The topological polar surface area (TPSA) is 38.7 Å². The van der Waals surface area contributed by atoms with Crippen LogP contribution in [0, 0.1) is 5.41 Å². The van der Waals surface area contributed by atoms with Crippen molar-refractivity contribution in [1.29, 1.82) is 0 Å². The van der Waals surface area contributed by atoms with E-state index in [9.17, 15) is 5.11 Å². The predicted octanol–water partition coefficient (Wildman–Crippen LogP) is 3.02. The maximum Gasteiger partial charge on any atom is 0.119 e. The minimum atomic E-state index is -0.377. The van der Waals surface area contributed by atoms with Crippen molar-refractivity contribution in [2.75, 3.05) is 13.2 Å². The summed E-state index contributed by atoms with van der Waals surface area (Å²) in [5, 5.41) is 10.2. The van der Waals surface area contributed by atoms with Gasteiger partial charge in [0.05, 0.1) is 18.8 Å². The first-order valence-corrected chi connectivity index (χ1v) is 7.07. The lowest BCUT2D eigenvalue weighted by atomic mass is 9.73. The first-order chi connectivity index (χ1) is 9.09. The zero-order chi connectivity index (χ0) is 13.7. The van der Waals surface area contributed by atoms with E-state index in [2.05, 4.69) is 13.8 Å². The lowest BCUT2D eigenvalue weighted by Crippen LogP contribution is -2.45. The maximum absolute atomic E-state index is 10.2. The minimum absolute atomic E-state index is 0.0385. The Morgan fingerprint density at radius 3 is 2.68 bits per heavy atom. The van der Waals surface area contributed by atoms with Gasteiger partial charge in [-0.05, 0) is 30.4 Å². The van der Waals surface area contributed by atoms with Crippen molar-refractivity contribution in [2.45, 2.75) is 45.3 Å². The van der Waals surface area contributed by atoms with Crippen LogP contribution in [0.3, 0.4) is 0 Å². The van der Waals surface area contributed by atoms with Crippen LogP contribution in [-0.4, -0.2) is 30.5 Å². The molecule has 1 saturated carbocycles. The van der Waals surface area contributed by atoms with Crippen LogP contribution in [0.5, 0.6) is 5.75 Å². The summed E-state index contributed by atoms with van der Waals surface area (Å²) >= 11 is 0. The molecule has 1 aromatic rings. The Hall–Kier alpha value is -1.06. The molecule has 0 saturated heterocycles. The average Bonchev–Trinajstić information content (AvgIpc) is 2.40. The van der Waals surface area contributed by atoms with Crippen LogP contribution in [0.1, 0.15) is 33.1 Å². The Morgan fingerprint density at radius 1 is 1.21 bits per heavy atom. The van der Waals surface area contributed by atoms with Gasteiger partial charge >= 0.3 is 0 Å². The normalized spacial score (nSPS) is 26.1. The summed E-state index contributed by atoms with van der Waals surface area (Å²) in [6.07, 6.45) is 2.69. The molecule has 1 N–H and O–H groups in total. The molecule has 0 aliphatic heterocycles. The van der Waals surface area contributed by atoms with Crippen molar-refractivity contribution in [3.05, 3.63) is 30.3 Å². The number of benzene rings is 1. The number of hydrogen-bond acceptors (Lipinski definition) is 3. The third-order valence-electron chi connectivity index (χ3n) is 3.89. The third kappa shape index (κ3) is 3.95. The summed E-state index contributed by atoms with van der Waals surface area (Å²) in [5.74, 6) is 0.857. The summed E-state index contributed by atoms with van der Waals surface area (Å²) in [6.45, 7) is 5.25. The summed E-state index contributed by atoms with van der Waals surface area (Å²) in [6, 6.07) is 9.72. The molecule has 19 heavy (non-hydrogen) atoms. The lowest BCUT2D eigenvalue weighted by Gasteiger charge is -2.40. The highest BCUT2D eigenvalue weighted by atomic mass is 16.5. The van der Waals surface area contributed by atoms with Gasteiger partial charge in [-0.15, -0.1) is 0 Å². The van der Waals surface area contributed by atoms with Crippen molar-refractivity contribution in [3.8, 4) is 5.75 Å². The molecule has 2 rings (SSSR count). The van der Waals surface area contributed by atoms with Crippen LogP contribution in [0.25, 0.3) is 0 Å². The third-order valence-corrected chi connectivity index (χ3v) is 3.89. The molecule has 3 heteroatoms. The smallest absolute Gasteiger partial charge is 0.119 e. The standard InChI is InChI=1S/C16H24O3/c1-16(2)10-6-9-14(15(16)17)19-12-11-18-13-7-4-3-5-8-13/h3-5,7-8,14-15,17H,6,9-12H2,1-2H3. The van der Waals surface area contributed by atoms with Crippen LogP contribution in [0.15, 0.2) is 30.3 Å². The van der Waals surface area contributed by atoms with Crippen LogP contribution in [0.4, 0.5) is 0 Å². The number of ether oxygens (including phenoxy) is 2. The first kappa shape index (κ1) is 14.4. The Balaban J connectivity index is 1.71. The van der Waals surface area contributed by atoms with Crippen LogP contribution < -0.4 is 4.74 Å². The number of rotatable bonds is 5. The van der Waals surface area contributed by atoms with E-state index in [0.717, 1.165) is 25.0 Å². The monoisotopic (exact) mass is 264 g/mol. The molecule has 0 bridgehead atoms. The molecular formula is C16H24O3. The minimum Gasteiger partial charge on any atom is -0.491 e. The molecule has 0 spiro atoms. The first-order valence-electron chi connectivity index (χ1n) is 7.07. The van der Waals surface area contributed by atoms with Crippen molar-refractivity contribution < 1.29 is 14.6 Å². The van der Waals surface area contributed by atoms with Gasteiger partial charge in [-0.3, -0.25) is 0 Å². The average molecular weight is 264 g/mol. The Bertz CT molecular complexity index is 375. The zero-order valence-electron chi connectivity index (χ0n) is 11.8. The van der Waals surface area contributed by atoms with E-state index < -0.39 is 0 Å². The molecule has 2 unspecified atom stereocenters. The van der Waals surface area contributed by atoms with E-state index in [1.807, 2.05) is 30.3 Å². The fourth-order valence-electron chi connectivity index (χ4n) is 2.62. The highest BCUT2D eigenvalue weighted by molar-refractivity contribution is 5.20. The largest absolute Gasteiger partial charge is 0.491 e. The highest BCUT2D eigenvalue weighted by Crippen LogP contribution is 2.36. The van der Waals surface area contributed by atoms with Crippen LogP contribution in [0.2, 0.25) is 0 Å². The molecule has 0 aromatic heterocycles. The Labute approximate surface area is 115 Å². The second-order valence-electron chi connectivity index (χ2n) is 5.90. The van der Waals surface area contributed by atoms with Gasteiger partial charge in [-0.25, -0.2) is 0 Å². The molecule has 0 heterocycles. The quantitative estimate of drug-likeness (QED) is 0.831. The molecule has 3 nitrogen and oxygen atoms in total. The number of aliphatic hydroxyl groups excluding tert-OH is 1. The van der Waals surface area contributed by atoms with Gasteiger partial charge in [-0.1, -0.05) is 38.5 Å². The zero-order valence-corrected chi connectivity index (χ0v) is 11.8. The second-order valence-corrected chi connectivity index (χ2v) is 5.90. The van der Waals surface area contributed by atoms with E-state index in [-0.39, 0.29) is 17.6 Å². The highest BCUT2D eigenvalue weighted by Gasteiger charge is 2.38. The van der Waals surface area contributed by atoms with Crippen molar-refractivity contribution in [2.24, 2.45) is 5.41 Å². The molecule has 0 amide bonds. The van der Waals surface area contributed by atoms with Crippen LogP contribution in [-0.2, 0) is 4.74 Å². The van der Waals surface area contributed by atoms with Gasteiger partial charge in [0.2, 0.25) is 0 Å². The fraction of sp³-hybridized carbons (Fsp3) is 0.625. The van der Waals surface area contributed by atoms with Crippen molar-refractivity contribution in [1.82, 2.24) is 0 Å². The van der Waals surface area contributed by atoms with Crippen LogP contribution >= 0.6 is 0 Å². The Kier molecular flexibility index (Phi) is 4.83. The summed E-state index contributed by atoms with van der Waals surface area (Å²) < 4.78 is 11.4. The number of para-hydroxylation sites is 1. The lowest BCUT2D eigenvalue weighted by molar-refractivity contribution is -0.115.